The van der Waals surface area contributed by atoms with Crippen molar-refractivity contribution in [3.05, 3.63) is 23.8 Å². The predicted octanol–water partition coefficient (Wildman–Crippen LogP) is 2.49. The van der Waals surface area contributed by atoms with Crippen LogP contribution >= 0.6 is 11.3 Å². The number of fused-ring (bicyclic) bond motifs is 1. The minimum absolute atomic E-state index is 0.106. The van der Waals surface area contributed by atoms with Crippen LogP contribution in [-0.4, -0.2) is 41.1 Å². The van der Waals surface area contributed by atoms with Gasteiger partial charge in [0.05, 0.1) is 15.8 Å². The zero-order chi connectivity index (χ0) is 16.7. The molecule has 0 radical (unpaired) electrons. The van der Waals surface area contributed by atoms with Crippen LogP contribution < -0.4 is 10.2 Å². The molecule has 1 aliphatic carbocycles. The van der Waals surface area contributed by atoms with E-state index in [1.165, 1.54) is 11.3 Å². The Morgan fingerprint density at radius 2 is 1.96 bits per heavy atom. The fourth-order valence-corrected chi connectivity index (χ4v) is 4.12. The monoisotopic (exact) mass is 345 g/mol. The van der Waals surface area contributed by atoms with Gasteiger partial charge < -0.3 is 15.3 Å². The Balaban J connectivity index is 1.44. The zero-order valence-electron chi connectivity index (χ0n) is 13.2. The summed E-state index contributed by atoms with van der Waals surface area (Å²) in [6, 6.07) is 5.44. The lowest BCUT2D eigenvalue weighted by Gasteiger charge is -2.31. The van der Waals surface area contributed by atoms with E-state index in [-0.39, 0.29) is 17.4 Å². The van der Waals surface area contributed by atoms with Crippen LogP contribution in [0.2, 0.25) is 0 Å². The number of thiazole rings is 1. The molecule has 2 aliphatic rings. The molecule has 4 rings (SSSR count). The first-order chi connectivity index (χ1) is 11.6. The molecule has 0 bridgehead atoms. The van der Waals surface area contributed by atoms with Gasteiger partial charge in [0.2, 0.25) is 5.91 Å². The number of rotatable bonds is 4. The molecular formula is C17H19N3O3S. The molecule has 0 unspecified atom stereocenters. The molecule has 126 valence electrons. The van der Waals surface area contributed by atoms with Crippen molar-refractivity contribution in [1.29, 1.82) is 0 Å². The molecule has 0 atom stereocenters. The normalized spacial score (nSPS) is 18.8. The Morgan fingerprint density at radius 1 is 1.21 bits per heavy atom. The summed E-state index contributed by atoms with van der Waals surface area (Å²) in [7, 11) is 0. The lowest BCUT2D eigenvalue weighted by molar-refractivity contribution is -0.125. The van der Waals surface area contributed by atoms with Crippen LogP contribution in [0, 0.1) is 5.92 Å². The van der Waals surface area contributed by atoms with Crippen LogP contribution in [0.1, 0.15) is 36.0 Å². The number of aromatic nitrogens is 1. The summed E-state index contributed by atoms with van der Waals surface area (Å²) in [6.45, 7) is 1.63. The molecule has 2 fully saturated rings. The highest BCUT2D eigenvalue weighted by Gasteiger charge is 2.30. The Bertz CT molecular complexity index is 791. The molecule has 6 nitrogen and oxygen atoms in total. The van der Waals surface area contributed by atoms with E-state index >= 15 is 0 Å². The second kappa shape index (κ2) is 6.05. The first-order valence-electron chi connectivity index (χ1n) is 8.29. The summed E-state index contributed by atoms with van der Waals surface area (Å²) < 4.78 is 0.887. The Labute approximate surface area is 143 Å². The molecule has 2 N–H and O–H groups in total. The highest BCUT2D eigenvalue weighted by molar-refractivity contribution is 7.22. The van der Waals surface area contributed by atoms with Gasteiger partial charge in [-0.3, -0.25) is 4.79 Å². The average Bonchev–Trinajstić information content (AvgIpc) is 3.29. The van der Waals surface area contributed by atoms with Crippen molar-refractivity contribution in [2.24, 2.45) is 5.92 Å². The third-order valence-corrected chi connectivity index (χ3v) is 5.76. The number of hydrogen-bond acceptors (Lipinski definition) is 5. The van der Waals surface area contributed by atoms with Crippen LogP contribution in [0.4, 0.5) is 5.13 Å². The second-order valence-corrected chi connectivity index (χ2v) is 7.54. The van der Waals surface area contributed by atoms with E-state index in [0.717, 1.165) is 54.1 Å². The summed E-state index contributed by atoms with van der Waals surface area (Å²) in [5, 5.41) is 13.1. The maximum absolute atomic E-state index is 12.1. The number of carbonyl (C=O) groups excluding carboxylic acids is 1. The number of carboxylic acid groups (broad SMARTS) is 1. The van der Waals surface area contributed by atoms with Crippen LogP contribution in [-0.2, 0) is 4.79 Å². The number of carbonyl (C=O) groups is 2. The minimum atomic E-state index is -0.922. The quantitative estimate of drug-likeness (QED) is 0.890. The highest BCUT2D eigenvalue weighted by atomic mass is 32.1. The van der Waals surface area contributed by atoms with Crippen LogP contribution in [0.25, 0.3) is 10.2 Å². The standard InChI is InChI=1S/C17H19N3O3S/c21-15(18-12-2-3-12)10-5-7-20(8-6-10)17-19-13-4-1-11(16(22)23)9-14(13)24-17/h1,4,9-10,12H,2-3,5-8H2,(H,18,21)(H,22,23). The van der Waals surface area contributed by atoms with Gasteiger partial charge in [-0.1, -0.05) is 11.3 Å². The van der Waals surface area contributed by atoms with E-state index in [9.17, 15) is 9.59 Å². The minimum Gasteiger partial charge on any atom is -0.478 e. The first-order valence-corrected chi connectivity index (χ1v) is 9.11. The number of piperidine rings is 1. The van der Waals surface area contributed by atoms with Gasteiger partial charge >= 0.3 is 5.97 Å². The third kappa shape index (κ3) is 3.08. The zero-order valence-corrected chi connectivity index (χ0v) is 14.0. The molecule has 1 aromatic carbocycles. The molecular weight excluding hydrogens is 326 g/mol. The largest absolute Gasteiger partial charge is 0.478 e. The Hall–Kier alpha value is -2.15. The van der Waals surface area contributed by atoms with Gasteiger partial charge in [-0.15, -0.1) is 0 Å². The number of anilines is 1. The lowest BCUT2D eigenvalue weighted by Crippen LogP contribution is -2.41. The first kappa shape index (κ1) is 15.4. The van der Waals surface area contributed by atoms with Gasteiger partial charge in [0.15, 0.2) is 5.13 Å². The molecule has 24 heavy (non-hydrogen) atoms. The predicted molar refractivity (Wildman–Crippen MR) is 92.7 cm³/mol. The van der Waals surface area contributed by atoms with Gasteiger partial charge in [0.25, 0.3) is 0 Å². The van der Waals surface area contributed by atoms with Crippen LogP contribution in [0.5, 0.6) is 0 Å². The number of carboxylic acids is 1. The maximum atomic E-state index is 12.1. The van der Waals surface area contributed by atoms with Crippen molar-refractivity contribution in [2.45, 2.75) is 31.7 Å². The summed E-state index contributed by atoms with van der Waals surface area (Å²) in [4.78, 5) is 30.0. The summed E-state index contributed by atoms with van der Waals surface area (Å²) in [6.07, 6.45) is 3.92. The number of aromatic carboxylic acids is 1. The van der Waals surface area contributed by atoms with Crippen molar-refractivity contribution in [3.8, 4) is 0 Å². The molecule has 1 amide bonds. The summed E-state index contributed by atoms with van der Waals surface area (Å²) >= 11 is 1.52. The van der Waals surface area contributed by atoms with Crippen molar-refractivity contribution < 1.29 is 14.7 Å². The van der Waals surface area contributed by atoms with Crippen molar-refractivity contribution in [2.75, 3.05) is 18.0 Å². The van der Waals surface area contributed by atoms with E-state index in [0.29, 0.717) is 6.04 Å². The number of hydrogen-bond donors (Lipinski definition) is 2. The Morgan fingerprint density at radius 3 is 2.62 bits per heavy atom. The molecule has 1 saturated carbocycles. The van der Waals surface area contributed by atoms with E-state index < -0.39 is 5.97 Å². The van der Waals surface area contributed by atoms with E-state index in [4.69, 9.17) is 5.11 Å². The summed E-state index contributed by atoms with van der Waals surface area (Å²) in [5.41, 5.74) is 1.11. The highest BCUT2D eigenvalue weighted by Crippen LogP contribution is 2.32. The molecule has 0 spiro atoms. The van der Waals surface area contributed by atoms with Crippen LogP contribution in [0.3, 0.4) is 0 Å². The Kier molecular flexibility index (Phi) is 3.88. The molecule has 7 heteroatoms. The number of benzene rings is 1. The number of amides is 1. The van der Waals surface area contributed by atoms with Gasteiger partial charge in [0, 0.05) is 25.0 Å². The van der Waals surface area contributed by atoms with Gasteiger partial charge in [-0.05, 0) is 43.9 Å². The fourth-order valence-electron chi connectivity index (χ4n) is 3.06. The lowest BCUT2D eigenvalue weighted by atomic mass is 9.96. The average molecular weight is 345 g/mol. The summed E-state index contributed by atoms with van der Waals surface area (Å²) in [5.74, 6) is -0.614. The van der Waals surface area contributed by atoms with Crippen molar-refractivity contribution in [3.63, 3.8) is 0 Å². The van der Waals surface area contributed by atoms with Crippen molar-refractivity contribution in [1.82, 2.24) is 10.3 Å². The second-order valence-electron chi connectivity index (χ2n) is 6.53. The number of nitrogens with one attached hydrogen (secondary N) is 1. The van der Waals surface area contributed by atoms with Crippen LogP contribution in [0.15, 0.2) is 18.2 Å². The smallest absolute Gasteiger partial charge is 0.335 e. The van der Waals surface area contributed by atoms with Crippen molar-refractivity contribution >= 4 is 38.6 Å². The topological polar surface area (TPSA) is 82.5 Å². The third-order valence-electron chi connectivity index (χ3n) is 4.68. The molecule has 1 aromatic heterocycles. The number of nitrogens with zero attached hydrogens (tertiary/aromatic N) is 2. The SMILES string of the molecule is O=C(O)c1ccc2nc(N3CCC(C(=O)NC4CC4)CC3)sc2c1. The van der Waals surface area contributed by atoms with Gasteiger partial charge in [-0.25, -0.2) is 9.78 Å². The van der Waals surface area contributed by atoms with Gasteiger partial charge in [-0.2, -0.15) is 0 Å². The fraction of sp³-hybridized carbons (Fsp3) is 0.471. The van der Waals surface area contributed by atoms with E-state index in [1.807, 2.05) is 0 Å². The molecule has 1 aliphatic heterocycles. The molecule has 1 saturated heterocycles. The molecule has 2 heterocycles. The molecule has 2 aromatic rings. The van der Waals surface area contributed by atoms with Gasteiger partial charge in [0.1, 0.15) is 0 Å². The maximum Gasteiger partial charge on any atom is 0.335 e. The van der Waals surface area contributed by atoms with E-state index in [1.54, 1.807) is 18.2 Å². The van der Waals surface area contributed by atoms with E-state index in [2.05, 4.69) is 15.2 Å².